The second-order valence-electron chi connectivity index (χ2n) is 6.98. The molecule has 0 spiro atoms. The van der Waals surface area contributed by atoms with Gasteiger partial charge in [-0.15, -0.1) is 34.0 Å². The molecule has 30 heavy (non-hydrogen) atoms. The topological polar surface area (TPSA) is 116 Å². The van der Waals surface area contributed by atoms with Crippen LogP contribution < -0.4 is 16.1 Å². The fourth-order valence-corrected chi connectivity index (χ4v) is 6.12. The Morgan fingerprint density at radius 2 is 2.17 bits per heavy atom. The number of thiazole rings is 2. The summed E-state index contributed by atoms with van der Waals surface area (Å²) in [6.45, 7) is 3.82. The maximum absolute atomic E-state index is 12.8. The van der Waals surface area contributed by atoms with Gasteiger partial charge in [-0.1, -0.05) is 0 Å². The number of rotatable bonds is 6. The van der Waals surface area contributed by atoms with Crippen molar-refractivity contribution in [2.45, 2.75) is 32.1 Å². The van der Waals surface area contributed by atoms with E-state index in [9.17, 15) is 9.59 Å². The van der Waals surface area contributed by atoms with E-state index in [2.05, 4.69) is 20.6 Å². The molecule has 1 unspecified atom stereocenters. The van der Waals surface area contributed by atoms with Crippen LogP contribution in [0.4, 0.5) is 5.13 Å². The first-order chi connectivity index (χ1) is 14.5. The lowest BCUT2D eigenvalue weighted by molar-refractivity contribution is -0.128. The van der Waals surface area contributed by atoms with E-state index in [0.717, 1.165) is 52.1 Å². The molecule has 1 aliphatic rings. The highest BCUT2D eigenvalue weighted by Crippen LogP contribution is 2.33. The number of hydrogen-bond acceptors (Lipinski definition) is 9. The number of carbonyl (C=O) groups excluding carboxylic acids is 2. The van der Waals surface area contributed by atoms with Crippen LogP contribution in [0.2, 0.25) is 0 Å². The highest BCUT2D eigenvalue weighted by Gasteiger charge is 2.23. The number of carbonyl (C=O) groups is 2. The fourth-order valence-electron chi connectivity index (χ4n) is 3.27. The quantitative estimate of drug-likeness (QED) is 0.329. The molecule has 0 bridgehead atoms. The van der Waals surface area contributed by atoms with E-state index >= 15 is 0 Å². The smallest absolute Gasteiger partial charge is 0.269 e. The maximum atomic E-state index is 12.8. The van der Waals surface area contributed by atoms with Crippen LogP contribution in [0.15, 0.2) is 17.5 Å². The zero-order chi connectivity index (χ0) is 21.1. The molecule has 0 aromatic carbocycles. The highest BCUT2D eigenvalue weighted by molar-refractivity contribution is 7.17. The number of nitrogens with zero attached hydrogens (tertiary/aromatic N) is 2. The summed E-state index contributed by atoms with van der Waals surface area (Å²) in [5.74, 6) is -0.276. The summed E-state index contributed by atoms with van der Waals surface area (Å²) in [5, 5.41) is 18.3. The van der Waals surface area contributed by atoms with Crippen molar-refractivity contribution in [2.75, 3.05) is 18.4 Å². The minimum Gasteiger partial charge on any atom is -0.316 e. The Hall–Kier alpha value is -2.18. The average Bonchev–Trinajstić information content (AvgIpc) is 3.48. The van der Waals surface area contributed by atoms with Crippen molar-refractivity contribution in [3.05, 3.63) is 38.0 Å². The zero-order valence-electron chi connectivity index (χ0n) is 16.2. The predicted molar refractivity (Wildman–Crippen MR) is 119 cm³/mol. The van der Waals surface area contributed by atoms with Crippen molar-refractivity contribution >= 4 is 51.0 Å². The molecule has 0 aliphatic carbocycles. The van der Waals surface area contributed by atoms with Gasteiger partial charge in [0.1, 0.15) is 4.88 Å². The van der Waals surface area contributed by atoms with Crippen LogP contribution >= 0.6 is 34.0 Å². The van der Waals surface area contributed by atoms with Crippen LogP contribution in [0, 0.1) is 6.92 Å². The Bertz CT molecular complexity index is 1050. The van der Waals surface area contributed by atoms with Crippen molar-refractivity contribution in [3.63, 3.8) is 0 Å². The first kappa shape index (κ1) is 21.1. The van der Waals surface area contributed by atoms with Crippen LogP contribution in [0.1, 0.15) is 44.0 Å². The van der Waals surface area contributed by atoms with Gasteiger partial charge in [-0.3, -0.25) is 20.1 Å². The SMILES string of the molecule is Cc1nc(C2CCCNC2)sc1C(=O)Nc1nc(-c2ccc(CC(=O)NO)s2)cs1. The minimum atomic E-state index is -0.460. The molecule has 3 aromatic rings. The van der Waals surface area contributed by atoms with Crippen molar-refractivity contribution in [1.29, 1.82) is 0 Å². The first-order valence-electron chi connectivity index (χ1n) is 9.50. The zero-order valence-corrected chi connectivity index (χ0v) is 18.7. The van der Waals surface area contributed by atoms with Crippen LogP contribution in [0.5, 0.6) is 0 Å². The van der Waals surface area contributed by atoms with E-state index in [1.165, 1.54) is 34.0 Å². The summed E-state index contributed by atoms with van der Waals surface area (Å²) in [4.78, 5) is 35.6. The van der Waals surface area contributed by atoms with Crippen molar-refractivity contribution in [1.82, 2.24) is 20.8 Å². The molecular formula is C19H21N5O3S3. The maximum Gasteiger partial charge on any atom is 0.269 e. The van der Waals surface area contributed by atoms with Gasteiger partial charge in [0, 0.05) is 22.7 Å². The molecule has 4 N–H and O–H groups in total. The number of anilines is 1. The first-order valence-corrected chi connectivity index (χ1v) is 12.0. The van der Waals surface area contributed by atoms with E-state index in [1.807, 2.05) is 24.4 Å². The predicted octanol–water partition coefficient (Wildman–Crippen LogP) is 3.40. The summed E-state index contributed by atoms with van der Waals surface area (Å²) in [6, 6.07) is 3.71. The lowest BCUT2D eigenvalue weighted by Gasteiger charge is -2.20. The number of piperidine rings is 1. The Morgan fingerprint density at radius 1 is 1.30 bits per heavy atom. The third-order valence-corrected chi connectivity index (χ3v) is 7.95. The van der Waals surface area contributed by atoms with Gasteiger partial charge in [0.25, 0.3) is 5.91 Å². The van der Waals surface area contributed by atoms with E-state index in [0.29, 0.717) is 15.9 Å². The minimum absolute atomic E-state index is 0.110. The molecule has 1 saturated heterocycles. The molecule has 1 aliphatic heterocycles. The monoisotopic (exact) mass is 463 g/mol. The third kappa shape index (κ3) is 4.76. The summed E-state index contributed by atoms with van der Waals surface area (Å²) < 4.78 is 0. The lowest BCUT2D eigenvalue weighted by Crippen LogP contribution is -2.28. The van der Waals surface area contributed by atoms with Crippen molar-refractivity contribution in [3.8, 4) is 10.6 Å². The van der Waals surface area contributed by atoms with E-state index < -0.39 is 5.91 Å². The van der Waals surface area contributed by atoms with E-state index in [1.54, 1.807) is 5.48 Å². The highest BCUT2D eigenvalue weighted by atomic mass is 32.1. The third-order valence-electron chi connectivity index (χ3n) is 4.76. The molecule has 1 fully saturated rings. The summed E-state index contributed by atoms with van der Waals surface area (Å²) in [6.07, 6.45) is 2.33. The van der Waals surface area contributed by atoms with E-state index in [4.69, 9.17) is 5.21 Å². The van der Waals surface area contributed by atoms with Crippen molar-refractivity contribution in [2.24, 2.45) is 0 Å². The van der Waals surface area contributed by atoms with Gasteiger partial charge in [0.15, 0.2) is 5.13 Å². The Labute approximate surface area is 185 Å². The normalized spacial score (nSPS) is 16.4. The number of aryl methyl sites for hydroxylation is 1. The largest absolute Gasteiger partial charge is 0.316 e. The lowest BCUT2D eigenvalue weighted by atomic mass is 10.0. The molecule has 8 nitrogen and oxygen atoms in total. The standard InChI is InChI=1S/C19H21N5O3S3/c1-10-16(30-18(21-10)11-3-2-6-20-8-11)17(26)23-19-22-13(9-28-19)14-5-4-12(29-14)7-15(25)24-27/h4-5,9,11,20,27H,2-3,6-8H2,1H3,(H,24,25)(H,22,23,26). The van der Waals surface area contributed by atoms with Gasteiger partial charge in [-0.25, -0.2) is 15.4 Å². The van der Waals surface area contributed by atoms with Gasteiger partial charge in [0.2, 0.25) is 5.91 Å². The molecule has 158 valence electrons. The van der Waals surface area contributed by atoms with Crippen LogP contribution in [-0.2, 0) is 11.2 Å². The van der Waals surface area contributed by atoms with Gasteiger partial charge >= 0.3 is 0 Å². The summed E-state index contributed by atoms with van der Waals surface area (Å²) >= 11 is 4.24. The van der Waals surface area contributed by atoms with Crippen LogP contribution in [0.25, 0.3) is 10.6 Å². The van der Waals surface area contributed by atoms with Crippen LogP contribution in [0.3, 0.4) is 0 Å². The average molecular weight is 464 g/mol. The second kappa shape index (κ2) is 9.31. The molecule has 0 radical (unpaired) electrons. The number of nitrogens with one attached hydrogen (secondary N) is 3. The number of amides is 2. The van der Waals surface area contributed by atoms with Crippen LogP contribution in [-0.4, -0.2) is 40.1 Å². The van der Waals surface area contributed by atoms with Gasteiger partial charge in [-0.05, 0) is 38.4 Å². The molecule has 4 rings (SSSR count). The van der Waals surface area contributed by atoms with Gasteiger partial charge < -0.3 is 5.32 Å². The fraction of sp³-hybridized carbons (Fsp3) is 0.368. The van der Waals surface area contributed by atoms with Gasteiger partial charge in [0.05, 0.1) is 27.7 Å². The number of hydroxylamine groups is 1. The molecule has 1 atom stereocenters. The molecule has 2 amide bonds. The number of aromatic nitrogens is 2. The summed E-state index contributed by atoms with van der Waals surface area (Å²) in [5.41, 5.74) is 3.12. The number of thiophene rings is 1. The van der Waals surface area contributed by atoms with E-state index in [-0.39, 0.29) is 12.3 Å². The molecule has 11 heteroatoms. The number of hydrogen-bond donors (Lipinski definition) is 4. The summed E-state index contributed by atoms with van der Waals surface area (Å²) in [7, 11) is 0. The Morgan fingerprint density at radius 3 is 2.93 bits per heavy atom. The molecule has 4 heterocycles. The van der Waals surface area contributed by atoms with Crippen molar-refractivity contribution < 1.29 is 14.8 Å². The Kier molecular flexibility index (Phi) is 6.54. The Balaban J connectivity index is 1.43. The van der Waals surface area contributed by atoms with Gasteiger partial charge in [-0.2, -0.15) is 0 Å². The second-order valence-corrected chi connectivity index (χ2v) is 10.0. The molecular weight excluding hydrogens is 442 g/mol. The molecule has 0 saturated carbocycles. The molecule has 3 aromatic heterocycles.